The Morgan fingerprint density at radius 2 is 2.03 bits per heavy atom. The fraction of sp³-hybridized carbons (Fsp3) is 0.375. The number of anilines is 2. The highest BCUT2D eigenvalue weighted by Gasteiger charge is 2.49. The van der Waals surface area contributed by atoms with Gasteiger partial charge in [-0.1, -0.05) is 17.8 Å². The number of aryl methyl sites for hydroxylation is 1. The zero-order valence-corrected chi connectivity index (χ0v) is 22.3. The molecule has 10 nitrogen and oxygen atoms in total. The molecule has 0 aliphatic carbocycles. The summed E-state index contributed by atoms with van der Waals surface area (Å²) >= 11 is 2.73. The summed E-state index contributed by atoms with van der Waals surface area (Å²) in [7, 11) is 0. The topological polar surface area (TPSA) is 109 Å². The highest BCUT2D eigenvalue weighted by atomic mass is 32.2. The van der Waals surface area contributed by atoms with Crippen molar-refractivity contribution >= 4 is 34.2 Å². The maximum atomic E-state index is 6.24. The molecule has 1 aliphatic heterocycles. The van der Waals surface area contributed by atoms with Gasteiger partial charge in [0, 0.05) is 47.5 Å². The van der Waals surface area contributed by atoms with Crippen LogP contribution in [0.5, 0.6) is 11.6 Å². The average molecular weight is 526 g/mol. The third kappa shape index (κ3) is 5.36. The smallest absolute Gasteiger partial charge is 0.217 e. The molecule has 1 fully saturated rings. The quantitative estimate of drug-likeness (QED) is 0.301. The molecule has 12 heteroatoms. The summed E-state index contributed by atoms with van der Waals surface area (Å²) in [5.41, 5.74) is -0.558. The number of nitrogens with one attached hydrogen (secondary N) is 1. The second-order valence-corrected chi connectivity index (χ2v) is 10.9. The molecule has 0 spiro atoms. The van der Waals surface area contributed by atoms with Crippen LogP contribution in [-0.2, 0) is 16.0 Å². The normalized spacial score (nSPS) is 18.3. The van der Waals surface area contributed by atoms with Crippen LogP contribution < -0.4 is 10.1 Å². The largest absolute Gasteiger partial charge is 0.435 e. The standard InChI is InChI=1S/C24H27N7O3S2/c1-6-31-18(10-12-27-31)32-16-13-15(35-17-9-7-8-11-25-17)14-26-20(16)28-22-29-21(30-36-22)19-23(2,3)34-24(4,5)33-19/h7-14,19H,6H2,1-5H3,(H,26,28,29,30)/t19-/m0/s1. The third-order valence-corrected chi connectivity index (χ3v) is 6.88. The molecule has 0 aromatic carbocycles. The SMILES string of the molecule is CCn1nccc1Oc1cc(Sc2ccccn2)cnc1Nc1nc([C@@H]2OC(C)(C)OC2(C)C)ns1. The first-order chi connectivity index (χ1) is 17.2. The van der Waals surface area contributed by atoms with Crippen molar-refractivity contribution in [2.75, 3.05) is 5.32 Å². The molecule has 0 saturated carbocycles. The Morgan fingerprint density at radius 1 is 1.17 bits per heavy atom. The molecule has 5 rings (SSSR count). The first-order valence-corrected chi connectivity index (χ1v) is 13.1. The van der Waals surface area contributed by atoms with E-state index in [0.29, 0.717) is 34.9 Å². The van der Waals surface area contributed by atoms with Crippen LogP contribution >= 0.6 is 23.3 Å². The second kappa shape index (κ2) is 9.77. The van der Waals surface area contributed by atoms with Crippen LogP contribution in [0.1, 0.15) is 46.5 Å². The number of hydrogen-bond donors (Lipinski definition) is 1. The molecule has 188 valence electrons. The Bertz CT molecular complexity index is 1340. The van der Waals surface area contributed by atoms with Gasteiger partial charge in [0.2, 0.25) is 11.0 Å². The molecule has 0 radical (unpaired) electrons. The first-order valence-electron chi connectivity index (χ1n) is 11.5. The van der Waals surface area contributed by atoms with Gasteiger partial charge in [0.25, 0.3) is 0 Å². The van der Waals surface area contributed by atoms with Crippen LogP contribution in [0.25, 0.3) is 0 Å². The average Bonchev–Trinajstić information content (AvgIpc) is 3.53. The lowest BCUT2D eigenvalue weighted by Crippen LogP contribution is -2.28. The van der Waals surface area contributed by atoms with Gasteiger partial charge in [-0.3, -0.25) is 0 Å². The minimum absolute atomic E-state index is 0.390. The zero-order valence-electron chi connectivity index (χ0n) is 20.6. The molecule has 4 aromatic rings. The number of rotatable bonds is 8. The maximum Gasteiger partial charge on any atom is 0.217 e. The fourth-order valence-corrected chi connectivity index (χ4v) is 5.30. The van der Waals surface area contributed by atoms with E-state index >= 15 is 0 Å². The molecule has 5 heterocycles. The molecule has 1 saturated heterocycles. The van der Waals surface area contributed by atoms with Crippen LogP contribution in [0.4, 0.5) is 10.9 Å². The monoisotopic (exact) mass is 525 g/mol. The van der Waals surface area contributed by atoms with E-state index in [1.165, 1.54) is 23.3 Å². The molecular weight excluding hydrogens is 498 g/mol. The van der Waals surface area contributed by atoms with E-state index in [1.807, 2.05) is 65.0 Å². The highest BCUT2D eigenvalue weighted by Crippen LogP contribution is 2.45. The van der Waals surface area contributed by atoms with Gasteiger partial charge >= 0.3 is 0 Å². The van der Waals surface area contributed by atoms with Crippen LogP contribution in [-0.4, -0.2) is 40.5 Å². The van der Waals surface area contributed by atoms with Crippen molar-refractivity contribution in [3.05, 3.63) is 54.7 Å². The van der Waals surface area contributed by atoms with E-state index in [1.54, 1.807) is 23.3 Å². The minimum atomic E-state index is -0.709. The van der Waals surface area contributed by atoms with Gasteiger partial charge in [0.15, 0.2) is 23.2 Å². The first kappa shape index (κ1) is 24.6. The molecule has 1 N–H and O–H groups in total. The predicted octanol–water partition coefficient (Wildman–Crippen LogP) is 5.83. The van der Waals surface area contributed by atoms with Crippen LogP contribution in [0.3, 0.4) is 0 Å². The van der Waals surface area contributed by atoms with Gasteiger partial charge < -0.3 is 19.5 Å². The summed E-state index contributed by atoms with van der Waals surface area (Å²) in [6.45, 7) is 10.4. The molecule has 0 unspecified atom stereocenters. The maximum absolute atomic E-state index is 6.24. The Balaban J connectivity index is 1.42. The summed E-state index contributed by atoms with van der Waals surface area (Å²) < 4.78 is 24.6. The van der Waals surface area contributed by atoms with Crippen LogP contribution in [0.2, 0.25) is 0 Å². The van der Waals surface area contributed by atoms with Crippen LogP contribution in [0.15, 0.2) is 58.8 Å². The summed E-state index contributed by atoms with van der Waals surface area (Å²) in [5, 5.41) is 8.99. The van der Waals surface area contributed by atoms with Crippen LogP contribution in [0, 0.1) is 0 Å². The number of aromatic nitrogens is 6. The van der Waals surface area contributed by atoms with Crippen molar-refractivity contribution in [3.8, 4) is 11.6 Å². The van der Waals surface area contributed by atoms with Crippen molar-refractivity contribution in [2.45, 2.75) is 68.6 Å². The van der Waals surface area contributed by atoms with Crippen molar-refractivity contribution in [1.82, 2.24) is 29.1 Å². The van der Waals surface area contributed by atoms with E-state index < -0.39 is 11.4 Å². The second-order valence-electron chi connectivity index (χ2n) is 9.06. The van der Waals surface area contributed by atoms with E-state index in [-0.39, 0.29) is 6.10 Å². The Hall–Kier alpha value is -3.06. The molecule has 1 aliphatic rings. The van der Waals surface area contributed by atoms with Gasteiger partial charge in [0.05, 0.1) is 11.8 Å². The molecule has 4 aromatic heterocycles. The summed E-state index contributed by atoms with van der Waals surface area (Å²) in [6, 6.07) is 9.52. The van der Waals surface area contributed by atoms with E-state index in [2.05, 4.69) is 29.7 Å². The van der Waals surface area contributed by atoms with Crippen molar-refractivity contribution in [1.29, 1.82) is 0 Å². The van der Waals surface area contributed by atoms with Crippen molar-refractivity contribution in [3.63, 3.8) is 0 Å². The molecule has 1 atom stereocenters. The molecule has 0 amide bonds. The van der Waals surface area contributed by atoms with Gasteiger partial charge in [-0.25, -0.2) is 19.6 Å². The van der Waals surface area contributed by atoms with E-state index in [0.717, 1.165) is 9.92 Å². The Labute approximate surface area is 217 Å². The van der Waals surface area contributed by atoms with Gasteiger partial charge in [-0.15, -0.1) is 0 Å². The molecular formula is C24H27N7O3S2. The number of pyridine rings is 2. The minimum Gasteiger partial charge on any atom is -0.435 e. The van der Waals surface area contributed by atoms with Crippen molar-refractivity contribution in [2.24, 2.45) is 0 Å². The Kier molecular flexibility index (Phi) is 6.68. The summed E-state index contributed by atoms with van der Waals surface area (Å²) in [6.07, 6.45) is 4.85. The molecule has 36 heavy (non-hydrogen) atoms. The van der Waals surface area contributed by atoms with Crippen molar-refractivity contribution < 1.29 is 14.2 Å². The summed E-state index contributed by atoms with van der Waals surface area (Å²) in [4.78, 5) is 14.6. The van der Waals surface area contributed by atoms with E-state index in [9.17, 15) is 0 Å². The lowest BCUT2D eigenvalue weighted by atomic mass is 10.0. The lowest BCUT2D eigenvalue weighted by Gasteiger charge is -2.22. The number of ether oxygens (including phenoxy) is 3. The highest BCUT2D eigenvalue weighted by molar-refractivity contribution is 7.99. The van der Waals surface area contributed by atoms with Gasteiger partial charge in [-0.2, -0.15) is 9.47 Å². The zero-order chi connectivity index (χ0) is 25.3. The lowest BCUT2D eigenvalue weighted by molar-refractivity contribution is -0.158. The fourth-order valence-electron chi connectivity index (χ4n) is 3.93. The predicted molar refractivity (Wildman–Crippen MR) is 137 cm³/mol. The number of hydrogen-bond acceptors (Lipinski definition) is 11. The van der Waals surface area contributed by atoms with Gasteiger partial charge in [-0.05, 0) is 46.8 Å². The van der Waals surface area contributed by atoms with E-state index in [4.69, 9.17) is 14.2 Å². The number of nitrogens with zero attached hydrogens (tertiary/aromatic N) is 6. The Morgan fingerprint density at radius 3 is 2.75 bits per heavy atom. The third-order valence-electron chi connectivity index (χ3n) is 5.32. The molecule has 0 bridgehead atoms. The van der Waals surface area contributed by atoms with Gasteiger partial charge in [0.1, 0.15) is 11.1 Å². The summed E-state index contributed by atoms with van der Waals surface area (Å²) in [5.74, 6) is 1.51.